The van der Waals surface area contributed by atoms with Gasteiger partial charge in [-0.15, -0.1) is 11.3 Å². The van der Waals surface area contributed by atoms with Gasteiger partial charge < -0.3 is 9.64 Å². The fourth-order valence-corrected chi connectivity index (χ4v) is 4.62. The summed E-state index contributed by atoms with van der Waals surface area (Å²) in [5.41, 5.74) is 1.75. The van der Waals surface area contributed by atoms with Crippen molar-refractivity contribution in [3.63, 3.8) is 0 Å². The first-order valence-electron chi connectivity index (χ1n) is 10.1. The normalized spacial score (nSPS) is 15.9. The van der Waals surface area contributed by atoms with Crippen LogP contribution in [0.1, 0.15) is 36.1 Å². The first-order valence-corrected chi connectivity index (χ1v) is 10.9. The second-order valence-electron chi connectivity index (χ2n) is 7.54. The first kappa shape index (κ1) is 21.3. The number of nitrogens with zero attached hydrogens (tertiary/aromatic N) is 4. The molecule has 0 N–H and O–H groups in total. The van der Waals surface area contributed by atoms with Crippen LogP contribution in [0.3, 0.4) is 0 Å². The molecule has 2 aromatic rings. The number of thiazole rings is 1. The lowest BCUT2D eigenvalue weighted by Gasteiger charge is -2.38. The van der Waals surface area contributed by atoms with Crippen LogP contribution in [0.5, 0.6) is 5.75 Å². The Bertz CT molecular complexity index is 877. The lowest BCUT2D eigenvalue weighted by atomic mass is 10.0. The first-order chi connectivity index (χ1) is 13.9. The van der Waals surface area contributed by atoms with E-state index in [2.05, 4.69) is 29.8 Å². The molecule has 3 rings (SSSR count). The van der Waals surface area contributed by atoms with Gasteiger partial charge in [-0.3, -0.25) is 9.69 Å². The lowest BCUT2D eigenvalue weighted by Crippen LogP contribution is -2.52. The highest BCUT2D eigenvalue weighted by molar-refractivity contribution is 7.17. The SMILES string of the molecule is CCOc1ccc(-c2nc(C)c(C(=O)N3CCN(C(C#N)C(C)C)CC3)s2)cc1. The quantitative estimate of drug-likeness (QED) is 0.721. The molecule has 1 fully saturated rings. The predicted molar refractivity (Wildman–Crippen MR) is 115 cm³/mol. The molecule has 1 aliphatic rings. The van der Waals surface area contributed by atoms with Crippen molar-refractivity contribution in [1.29, 1.82) is 5.26 Å². The Balaban J connectivity index is 1.69. The molecule has 1 aliphatic heterocycles. The van der Waals surface area contributed by atoms with Gasteiger partial charge >= 0.3 is 0 Å². The van der Waals surface area contributed by atoms with Gasteiger partial charge in [0.15, 0.2) is 0 Å². The Kier molecular flexibility index (Phi) is 6.88. The maximum Gasteiger partial charge on any atom is 0.265 e. The largest absolute Gasteiger partial charge is 0.494 e. The summed E-state index contributed by atoms with van der Waals surface area (Å²) in [7, 11) is 0. The molecule has 1 saturated heterocycles. The monoisotopic (exact) mass is 412 g/mol. The van der Waals surface area contributed by atoms with Crippen molar-refractivity contribution in [2.75, 3.05) is 32.8 Å². The van der Waals surface area contributed by atoms with E-state index in [9.17, 15) is 10.1 Å². The number of carbonyl (C=O) groups is 1. The van der Waals surface area contributed by atoms with Crippen molar-refractivity contribution >= 4 is 17.2 Å². The van der Waals surface area contributed by atoms with E-state index in [0.717, 1.165) is 35.1 Å². The molecule has 1 amide bonds. The Morgan fingerprint density at radius 2 is 1.90 bits per heavy atom. The van der Waals surface area contributed by atoms with Crippen LogP contribution in [0.4, 0.5) is 0 Å². The van der Waals surface area contributed by atoms with E-state index in [4.69, 9.17) is 4.74 Å². The smallest absolute Gasteiger partial charge is 0.265 e. The predicted octanol–water partition coefficient (Wildman–Crippen LogP) is 3.82. The zero-order valence-electron chi connectivity index (χ0n) is 17.5. The van der Waals surface area contributed by atoms with Gasteiger partial charge in [-0.2, -0.15) is 5.26 Å². The zero-order chi connectivity index (χ0) is 21.0. The average Bonchev–Trinajstić information content (AvgIpc) is 3.11. The molecule has 1 aromatic heterocycles. The van der Waals surface area contributed by atoms with E-state index < -0.39 is 0 Å². The molecule has 0 aliphatic carbocycles. The van der Waals surface area contributed by atoms with Crippen LogP contribution in [0, 0.1) is 24.2 Å². The number of hydrogen-bond acceptors (Lipinski definition) is 6. The topological polar surface area (TPSA) is 69.5 Å². The highest BCUT2D eigenvalue weighted by Gasteiger charge is 2.29. The molecule has 7 heteroatoms. The number of benzene rings is 1. The molecule has 0 spiro atoms. The number of amides is 1. The van der Waals surface area contributed by atoms with Crippen LogP contribution >= 0.6 is 11.3 Å². The minimum absolute atomic E-state index is 0.0369. The molecule has 1 aromatic carbocycles. The maximum atomic E-state index is 13.1. The fraction of sp³-hybridized carbons (Fsp3) is 0.500. The van der Waals surface area contributed by atoms with Crippen molar-refractivity contribution in [3.8, 4) is 22.4 Å². The molecule has 0 saturated carbocycles. The van der Waals surface area contributed by atoms with E-state index in [1.807, 2.05) is 43.0 Å². The Labute approximate surface area is 176 Å². The van der Waals surface area contributed by atoms with Crippen LogP contribution in [-0.2, 0) is 0 Å². The Hall–Kier alpha value is -2.43. The third-order valence-corrected chi connectivity index (χ3v) is 6.36. The number of carbonyl (C=O) groups excluding carboxylic acids is 1. The molecule has 1 atom stereocenters. The molecule has 0 bridgehead atoms. The maximum absolute atomic E-state index is 13.1. The van der Waals surface area contributed by atoms with Crippen LogP contribution in [0.15, 0.2) is 24.3 Å². The van der Waals surface area contributed by atoms with Gasteiger partial charge in [0.25, 0.3) is 5.91 Å². The van der Waals surface area contributed by atoms with Gasteiger partial charge in [0.05, 0.1) is 18.4 Å². The molecular formula is C22H28N4O2S. The number of hydrogen-bond donors (Lipinski definition) is 0. The summed E-state index contributed by atoms with van der Waals surface area (Å²) in [6, 6.07) is 10.1. The van der Waals surface area contributed by atoms with Crippen molar-refractivity contribution < 1.29 is 9.53 Å². The third kappa shape index (κ3) is 4.77. The minimum Gasteiger partial charge on any atom is -0.494 e. The molecule has 1 unspecified atom stereocenters. The highest BCUT2D eigenvalue weighted by atomic mass is 32.1. The van der Waals surface area contributed by atoms with Crippen molar-refractivity contribution in [2.24, 2.45) is 5.92 Å². The lowest BCUT2D eigenvalue weighted by molar-refractivity contribution is 0.0580. The summed E-state index contributed by atoms with van der Waals surface area (Å²) in [4.78, 5) is 22.5. The number of aryl methyl sites for hydroxylation is 1. The molecular weight excluding hydrogens is 384 g/mol. The molecule has 29 heavy (non-hydrogen) atoms. The Morgan fingerprint density at radius 1 is 1.24 bits per heavy atom. The summed E-state index contributed by atoms with van der Waals surface area (Å²) in [6.45, 7) is 11.3. The number of nitriles is 1. The van der Waals surface area contributed by atoms with Gasteiger partial charge in [0.1, 0.15) is 21.7 Å². The van der Waals surface area contributed by atoms with Gasteiger partial charge in [0, 0.05) is 31.7 Å². The van der Waals surface area contributed by atoms with Gasteiger partial charge in [0.2, 0.25) is 0 Å². The van der Waals surface area contributed by atoms with Crippen molar-refractivity contribution in [3.05, 3.63) is 34.8 Å². The highest BCUT2D eigenvalue weighted by Crippen LogP contribution is 2.30. The summed E-state index contributed by atoms with van der Waals surface area (Å²) < 4.78 is 5.49. The third-order valence-electron chi connectivity index (χ3n) is 5.16. The Morgan fingerprint density at radius 3 is 2.45 bits per heavy atom. The summed E-state index contributed by atoms with van der Waals surface area (Å²) in [5, 5.41) is 10.3. The second kappa shape index (κ2) is 9.38. The molecule has 2 heterocycles. The number of rotatable bonds is 6. The summed E-state index contributed by atoms with van der Waals surface area (Å²) >= 11 is 1.44. The van der Waals surface area contributed by atoms with Gasteiger partial charge in [-0.05, 0) is 44.0 Å². The van der Waals surface area contributed by atoms with E-state index in [-0.39, 0.29) is 17.9 Å². The van der Waals surface area contributed by atoms with Crippen LogP contribution in [-0.4, -0.2) is 59.5 Å². The second-order valence-corrected chi connectivity index (χ2v) is 8.54. The number of piperazine rings is 1. The van der Waals surface area contributed by atoms with Crippen LogP contribution in [0.25, 0.3) is 10.6 Å². The van der Waals surface area contributed by atoms with Crippen LogP contribution in [0.2, 0.25) is 0 Å². The van der Waals surface area contributed by atoms with Crippen molar-refractivity contribution in [1.82, 2.24) is 14.8 Å². The summed E-state index contributed by atoms with van der Waals surface area (Å²) in [5.74, 6) is 1.15. The molecule has 0 radical (unpaired) electrons. The van der Waals surface area contributed by atoms with E-state index in [0.29, 0.717) is 24.6 Å². The zero-order valence-corrected chi connectivity index (χ0v) is 18.3. The van der Waals surface area contributed by atoms with Crippen molar-refractivity contribution in [2.45, 2.75) is 33.7 Å². The summed E-state index contributed by atoms with van der Waals surface area (Å²) in [6.07, 6.45) is 0. The standard InChI is InChI=1S/C22H28N4O2S/c1-5-28-18-8-6-17(7-9-18)21-24-16(4)20(29-21)22(27)26-12-10-25(11-13-26)19(14-23)15(2)3/h6-9,15,19H,5,10-13H2,1-4H3. The minimum atomic E-state index is -0.0938. The average molecular weight is 413 g/mol. The molecule has 154 valence electrons. The number of aromatic nitrogens is 1. The van der Waals surface area contributed by atoms with Crippen LogP contribution < -0.4 is 4.74 Å². The van der Waals surface area contributed by atoms with E-state index in [1.54, 1.807) is 0 Å². The van der Waals surface area contributed by atoms with E-state index >= 15 is 0 Å². The number of ether oxygens (including phenoxy) is 1. The fourth-order valence-electron chi connectivity index (χ4n) is 3.58. The van der Waals surface area contributed by atoms with Gasteiger partial charge in [-0.25, -0.2) is 4.98 Å². The van der Waals surface area contributed by atoms with E-state index in [1.165, 1.54) is 11.3 Å². The molecule has 6 nitrogen and oxygen atoms in total. The van der Waals surface area contributed by atoms with Gasteiger partial charge in [-0.1, -0.05) is 13.8 Å².